The number of ketones is 1. The fraction of sp³-hybridized carbons (Fsp3) is 0.286. The van der Waals surface area contributed by atoms with Crippen LogP contribution in [-0.4, -0.2) is 10.4 Å². The van der Waals surface area contributed by atoms with Crippen LogP contribution in [0.5, 0.6) is 0 Å². The van der Waals surface area contributed by atoms with Crippen molar-refractivity contribution in [2.24, 2.45) is 7.05 Å². The molecule has 0 aliphatic rings. The number of rotatable bonds is 1. The lowest BCUT2D eigenvalue weighted by molar-refractivity contribution is 0.101. The lowest BCUT2D eigenvalue weighted by Gasteiger charge is -1.98. The zero-order valence-electron chi connectivity index (χ0n) is 6.09. The molecule has 1 aromatic rings. The highest BCUT2D eigenvalue weighted by molar-refractivity contribution is 5.93. The lowest BCUT2D eigenvalue weighted by Crippen LogP contribution is -2.03. The van der Waals surface area contributed by atoms with Gasteiger partial charge in [0.05, 0.1) is 5.69 Å². The van der Waals surface area contributed by atoms with E-state index in [9.17, 15) is 4.79 Å². The summed E-state index contributed by atoms with van der Waals surface area (Å²) >= 11 is 0. The summed E-state index contributed by atoms with van der Waals surface area (Å²) in [6, 6.07) is 3.44. The van der Waals surface area contributed by atoms with Crippen molar-refractivity contribution < 1.29 is 4.79 Å². The first kappa shape index (κ1) is 6.86. The maximum absolute atomic E-state index is 10.8. The molecule has 0 aliphatic heterocycles. The summed E-state index contributed by atoms with van der Waals surface area (Å²) in [5.41, 5.74) is 6.14. The Morgan fingerprint density at radius 2 is 2.20 bits per heavy atom. The Morgan fingerprint density at radius 3 is 2.40 bits per heavy atom. The summed E-state index contributed by atoms with van der Waals surface area (Å²) < 4.78 is 1.67. The van der Waals surface area contributed by atoms with Crippen LogP contribution in [0.3, 0.4) is 0 Å². The van der Waals surface area contributed by atoms with Gasteiger partial charge in [0.15, 0.2) is 5.78 Å². The third kappa shape index (κ3) is 0.900. The third-order valence-electron chi connectivity index (χ3n) is 1.52. The van der Waals surface area contributed by atoms with E-state index in [1.165, 1.54) is 6.92 Å². The predicted octanol–water partition coefficient (Wildman–Crippen LogP) is 0.810. The van der Waals surface area contributed by atoms with Crippen molar-refractivity contribution in [1.82, 2.24) is 4.57 Å². The number of anilines is 1. The van der Waals surface area contributed by atoms with Crippen LogP contribution in [0.4, 0.5) is 5.82 Å². The number of carbonyl (C=O) groups is 1. The Kier molecular flexibility index (Phi) is 1.49. The molecule has 0 aromatic carbocycles. The van der Waals surface area contributed by atoms with Gasteiger partial charge in [-0.2, -0.15) is 0 Å². The maximum Gasteiger partial charge on any atom is 0.176 e. The van der Waals surface area contributed by atoms with Crippen molar-refractivity contribution in [2.45, 2.75) is 6.92 Å². The van der Waals surface area contributed by atoms with E-state index in [0.717, 1.165) is 0 Å². The molecule has 2 N–H and O–H groups in total. The Balaban J connectivity index is 3.17. The molecule has 3 nitrogen and oxygen atoms in total. The zero-order valence-corrected chi connectivity index (χ0v) is 6.09. The van der Waals surface area contributed by atoms with Crippen LogP contribution in [0, 0.1) is 0 Å². The number of hydrogen-bond donors (Lipinski definition) is 1. The van der Waals surface area contributed by atoms with Gasteiger partial charge in [0.2, 0.25) is 0 Å². The molecule has 54 valence electrons. The number of aromatic nitrogens is 1. The first-order chi connectivity index (χ1) is 4.63. The van der Waals surface area contributed by atoms with Crippen molar-refractivity contribution in [3.05, 3.63) is 17.8 Å². The quantitative estimate of drug-likeness (QED) is 0.584. The minimum atomic E-state index is 0.0409. The summed E-state index contributed by atoms with van der Waals surface area (Å²) in [6.07, 6.45) is 0. The molecule has 0 radical (unpaired) electrons. The fourth-order valence-electron chi connectivity index (χ4n) is 0.881. The summed E-state index contributed by atoms with van der Waals surface area (Å²) in [5, 5.41) is 0. The van der Waals surface area contributed by atoms with Crippen molar-refractivity contribution in [3.8, 4) is 0 Å². The molecular formula is C7H10N2O. The average molecular weight is 138 g/mol. The van der Waals surface area contributed by atoms with Crippen LogP contribution in [0.15, 0.2) is 12.1 Å². The molecule has 0 unspecified atom stereocenters. The zero-order chi connectivity index (χ0) is 7.72. The second-order valence-electron chi connectivity index (χ2n) is 2.26. The molecule has 0 bridgehead atoms. The minimum Gasteiger partial charge on any atom is -0.385 e. The van der Waals surface area contributed by atoms with Gasteiger partial charge >= 0.3 is 0 Å². The van der Waals surface area contributed by atoms with E-state index in [2.05, 4.69) is 0 Å². The molecule has 0 saturated heterocycles. The largest absolute Gasteiger partial charge is 0.385 e. The van der Waals surface area contributed by atoms with Crippen molar-refractivity contribution in [1.29, 1.82) is 0 Å². The van der Waals surface area contributed by atoms with Crippen molar-refractivity contribution >= 4 is 11.6 Å². The van der Waals surface area contributed by atoms with Crippen LogP contribution in [-0.2, 0) is 7.05 Å². The highest BCUT2D eigenvalue weighted by Crippen LogP contribution is 2.08. The van der Waals surface area contributed by atoms with E-state index in [1.54, 1.807) is 23.7 Å². The number of Topliss-reactive ketones (excluding diaryl/α,β-unsaturated/α-hetero) is 1. The second-order valence-corrected chi connectivity index (χ2v) is 2.26. The van der Waals surface area contributed by atoms with Crippen molar-refractivity contribution in [2.75, 3.05) is 5.73 Å². The monoisotopic (exact) mass is 138 g/mol. The standard InChI is InChI=1S/C7H10N2O/c1-5(10)6-3-4-7(8)9(6)2/h3-4H,8H2,1-2H3. The number of nitrogens with zero attached hydrogens (tertiary/aromatic N) is 1. The Hall–Kier alpha value is -1.25. The van der Waals surface area contributed by atoms with E-state index < -0.39 is 0 Å². The van der Waals surface area contributed by atoms with Gasteiger partial charge in [-0.05, 0) is 12.1 Å². The molecule has 0 spiro atoms. The Labute approximate surface area is 59.4 Å². The predicted molar refractivity (Wildman–Crippen MR) is 39.8 cm³/mol. The van der Waals surface area contributed by atoms with Gasteiger partial charge in [-0.25, -0.2) is 0 Å². The van der Waals surface area contributed by atoms with Gasteiger partial charge < -0.3 is 10.3 Å². The van der Waals surface area contributed by atoms with Crippen LogP contribution in [0.1, 0.15) is 17.4 Å². The van der Waals surface area contributed by atoms with Crippen LogP contribution in [0.25, 0.3) is 0 Å². The lowest BCUT2D eigenvalue weighted by atomic mass is 10.3. The van der Waals surface area contributed by atoms with Gasteiger partial charge in [-0.1, -0.05) is 0 Å². The Morgan fingerprint density at radius 1 is 1.60 bits per heavy atom. The summed E-state index contributed by atoms with van der Waals surface area (Å²) in [4.78, 5) is 10.8. The molecule has 0 amide bonds. The minimum absolute atomic E-state index is 0.0409. The summed E-state index contributed by atoms with van der Waals surface area (Å²) in [7, 11) is 1.77. The molecule has 0 saturated carbocycles. The van der Waals surface area contributed by atoms with Gasteiger partial charge in [0, 0.05) is 14.0 Å². The van der Waals surface area contributed by atoms with E-state index in [0.29, 0.717) is 11.5 Å². The van der Waals surface area contributed by atoms with Crippen LogP contribution in [0.2, 0.25) is 0 Å². The summed E-state index contributed by atoms with van der Waals surface area (Å²) in [5.74, 6) is 0.657. The van der Waals surface area contributed by atoms with Crippen LogP contribution >= 0.6 is 0 Å². The molecule has 0 fully saturated rings. The average Bonchev–Trinajstić information content (AvgIpc) is 2.14. The molecule has 0 atom stereocenters. The highest BCUT2D eigenvalue weighted by Gasteiger charge is 2.04. The fourth-order valence-corrected chi connectivity index (χ4v) is 0.881. The van der Waals surface area contributed by atoms with E-state index in [4.69, 9.17) is 5.73 Å². The molecule has 3 heteroatoms. The number of hydrogen-bond acceptors (Lipinski definition) is 2. The first-order valence-electron chi connectivity index (χ1n) is 3.05. The smallest absolute Gasteiger partial charge is 0.176 e. The third-order valence-corrected chi connectivity index (χ3v) is 1.52. The topological polar surface area (TPSA) is 48.0 Å². The molecule has 1 heterocycles. The first-order valence-corrected chi connectivity index (χ1v) is 3.05. The van der Waals surface area contributed by atoms with Gasteiger partial charge in [-0.3, -0.25) is 4.79 Å². The van der Waals surface area contributed by atoms with E-state index in [-0.39, 0.29) is 5.78 Å². The molecule has 10 heavy (non-hydrogen) atoms. The van der Waals surface area contributed by atoms with E-state index in [1.807, 2.05) is 0 Å². The molecule has 1 aromatic heterocycles. The number of nitrogen functional groups attached to an aromatic ring is 1. The summed E-state index contributed by atoms with van der Waals surface area (Å²) in [6.45, 7) is 1.52. The van der Waals surface area contributed by atoms with Crippen molar-refractivity contribution in [3.63, 3.8) is 0 Å². The van der Waals surface area contributed by atoms with Gasteiger partial charge in [0.1, 0.15) is 5.82 Å². The van der Waals surface area contributed by atoms with E-state index >= 15 is 0 Å². The van der Waals surface area contributed by atoms with Gasteiger partial charge in [0.25, 0.3) is 0 Å². The number of nitrogens with two attached hydrogens (primary N) is 1. The highest BCUT2D eigenvalue weighted by atomic mass is 16.1. The molecule has 0 aliphatic carbocycles. The molecular weight excluding hydrogens is 128 g/mol. The number of carbonyl (C=O) groups excluding carboxylic acids is 1. The van der Waals surface area contributed by atoms with Crippen LogP contribution < -0.4 is 5.73 Å². The normalized spacial score (nSPS) is 9.80. The molecule has 1 rings (SSSR count). The van der Waals surface area contributed by atoms with Gasteiger partial charge in [-0.15, -0.1) is 0 Å². The SMILES string of the molecule is CC(=O)c1ccc(N)n1C. The Bertz CT molecular complexity index is 263. The second kappa shape index (κ2) is 2.17. The maximum atomic E-state index is 10.8.